The van der Waals surface area contributed by atoms with Gasteiger partial charge in [-0.15, -0.1) is 0 Å². The molecule has 0 aromatic heterocycles. The van der Waals surface area contributed by atoms with Gasteiger partial charge in [0.05, 0.1) is 12.2 Å². The molecule has 0 radical (unpaired) electrons. The Bertz CT molecular complexity index is 584. The third-order valence-electron chi connectivity index (χ3n) is 2.47. The van der Waals surface area contributed by atoms with Gasteiger partial charge in [0.15, 0.2) is 5.96 Å². The second-order valence-corrected chi connectivity index (χ2v) is 4.37. The van der Waals surface area contributed by atoms with E-state index in [0.717, 1.165) is 5.56 Å². The summed E-state index contributed by atoms with van der Waals surface area (Å²) in [4.78, 5) is 4.14. The Labute approximate surface area is 115 Å². The van der Waals surface area contributed by atoms with Gasteiger partial charge in [-0.25, -0.2) is 9.38 Å². The van der Waals surface area contributed by atoms with Crippen molar-refractivity contribution in [3.8, 4) is 0 Å². The molecule has 0 amide bonds. The normalized spacial score (nSPS) is 11.4. The minimum absolute atomic E-state index is 0.157. The Morgan fingerprint density at radius 1 is 1.21 bits per heavy atom. The fourth-order valence-electron chi connectivity index (χ4n) is 1.53. The van der Waals surface area contributed by atoms with Crippen LogP contribution in [0.3, 0.4) is 0 Å². The van der Waals surface area contributed by atoms with E-state index in [-0.39, 0.29) is 11.6 Å². The molecule has 0 aliphatic rings. The number of halogens is 2. The number of nitrogens with zero attached hydrogens (tertiary/aromatic N) is 1. The number of hydrogen-bond acceptors (Lipinski definition) is 1. The minimum atomic E-state index is -0.467. The summed E-state index contributed by atoms with van der Waals surface area (Å²) in [6.07, 6.45) is 0. The van der Waals surface area contributed by atoms with Gasteiger partial charge >= 0.3 is 0 Å². The average molecular weight is 278 g/mol. The molecule has 2 aromatic rings. The topological polar surface area (TPSA) is 50.4 Å². The Morgan fingerprint density at radius 3 is 2.63 bits per heavy atom. The van der Waals surface area contributed by atoms with E-state index in [0.29, 0.717) is 11.6 Å². The number of benzene rings is 2. The SMILES string of the molecule is NC(=NCc1ccccc1)Nc1ccc(Cl)cc1F. The first-order chi connectivity index (χ1) is 9.15. The lowest BCUT2D eigenvalue weighted by Crippen LogP contribution is -2.23. The second-order valence-electron chi connectivity index (χ2n) is 3.94. The van der Waals surface area contributed by atoms with Crippen molar-refractivity contribution >= 4 is 23.2 Å². The van der Waals surface area contributed by atoms with Gasteiger partial charge in [0.1, 0.15) is 5.82 Å². The Balaban J connectivity index is 2.02. The monoisotopic (exact) mass is 277 g/mol. The highest BCUT2D eigenvalue weighted by atomic mass is 35.5. The molecule has 0 unspecified atom stereocenters. The van der Waals surface area contributed by atoms with Crippen molar-refractivity contribution in [3.05, 3.63) is 64.9 Å². The van der Waals surface area contributed by atoms with Crippen molar-refractivity contribution in [1.82, 2.24) is 0 Å². The summed E-state index contributed by atoms with van der Waals surface area (Å²) in [5.41, 5.74) is 6.98. The highest BCUT2D eigenvalue weighted by molar-refractivity contribution is 6.30. The molecule has 19 heavy (non-hydrogen) atoms. The molecule has 0 saturated carbocycles. The number of nitrogens with two attached hydrogens (primary N) is 1. The molecule has 0 heterocycles. The molecular weight excluding hydrogens is 265 g/mol. The summed E-state index contributed by atoms with van der Waals surface area (Å²) in [6, 6.07) is 14.0. The minimum Gasteiger partial charge on any atom is -0.370 e. The maximum Gasteiger partial charge on any atom is 0.193 e. The van der Waals surface area contributed by atoms with Crippen molar-refractivity contribution in [3.63, 3.8) is 0 Å². The molecular formula is C14H13ClFN3. The molecule has 2 aromatic carbocycles. The summed E-state index contributed by atoms with van der Waals surface area (Å²) in [7, 11) is 0. The van der Waals surface area contributed by atoms with E-state index in [1.807, 2.05) is 30.3 Å². The maximum atomic E-state index is 13.5. The molecule has 3 nitrogen and oxygen atoms in total. The van der Waals surface area contributed by atoms with Gasteiger partial charge in [-0.2, -0.15) is 0 Å². The van der Waals surface area contributed by atoms with Gasteiger partial charge in [0.2, 0.25) is 0 Å². The van der Waals surface area contributed by atoms with Crippen molar-refractivity contribution in [1.29, 1.82) is 0 Å². The quantitative estimate of drug-likeness (QED) is 0.667. The van der Waals surface area contributed by atoms with Crippen LogP contribution in [0.25, 0.3) is 0 Å². The van der Waals surface area contributed by atoms with Crippen molar-refractivity contribution in [2.24, 2.45) is 10.7 Å². The van der Waals surface area contributed by atoms with Gasteiger partial charge < -0.3 is 11.1 Å². The molecule has 98 valence electrons. The van der Waals surface area contributed by atoms with Crippen LogP contribution in [0.2, 0.25) is 5.02 Å². The molecule has 0 aliphatic heterocycles. The van der Waals surface area contributed by atoms with Crippen LogP contribution in [0.1, 0.15) is 5.56 Å². The van der Waals surface area contributed by atoms with Crippen molar-refractivity contribution < 1.29 is 4.39 Å². The van der Waals surface area contributed by atoms with E-state index in [1.165, 1.54) is 12.1 Å². The number of rotatable bonds is 3. The van der Waals surface area contributed by atoms with Gasteiger partial charge in [-0.05, 0) is 23.8 Å². The van der Waals surface area contributed by atoms with Crippen LogP contribution in [0, 0.1) is 5.82 Å². The average Bonchev–Trinajstić information content (AvgIpc) is 2.41. The molecule has 2 rings (SSSR count). The van der Waals surface area contributed by atoms with E-state index in [2.05, 4.69) is 10.3 Å². The lowest BCUT2D eigenvalue weighted by molar-refractivity contribution is 0.632. The van der Waals surface area contributed by atoms with Crippen molar-refractivity contribution in [2.75, 3.05) is 5.32 Å². The smallest absolute Gasteiger partial charge is 0.193 e. The lowest BCUT2D eigenvalue weighted by atomic mass is 10.2. The fraction of sp³-hybridized carbons (Fsp3) is 0.0714. The lowest BCUT2D eigenvalue weighted by Gasteiger charge is -2.07. The number of nitrogens with one attached hydrogen (secondary N) is 1. The number of aliphatic imine (C=N–C) groups is 1. The van der Waals surface area contributed by atoms with E-state index in [1.54, 1.807) is 6.07 Å². The van der Waals surface area contributed by atoms with Crippen LogP contribution >= 0.6 is 11.6 Å². The summed E-state index contributed by atoms with van der Waals surface area (Å²) >= 11 is 5.67. The molecule has 0 bridgehead atoms. The number of guanidine groups is 1. The first kappa shape index (κ1) is 13.4. The fourth-order valence-corrected chi connectivity index (χ4v) is 1.69. The Kier molecular flexibility index (Phi) is 4.36. The highest BCUT2D eigenvalue weighted by Gasteiger charge is 2.03. The van der Waals surface area contributed by atoms with Crippen molar-refractivity contribution in [2.45, 2.75) is 6.54 Å². The standard InChI is InChI=1S/C14H13ClFN3/c15-11-6-7-13(12(16)8-11)19-14(17)18-9-10-4-2-1-3-5-10/h1-8H,9H2,(H3,17,18,19). The van der Waals surface area contributed by atoms with Gasteiger partial charge in [0.25, 0.3) is 0 Å². The first-order valence-electron chi connectivity index (χ1n) is 5.71. The number of hydrogen-bond donors (Lipinski definition) is 2. The summed E-state index contributed by atoms with van der Waals surface area (Å²) in [6.45, 7) is 0.439. The number of anilines is 1. The Hall–Kier alpha value is -2.07. The van der Waals surface area contributed by atoms with E-state index in [9.17, 15) is 4.39 Å². The molecule has 0 aliphatic carbocycles. The highest BCUT2D eigenvalue weighted by Crippen LogP contribution is 2.18. The maximum absolute atomic E-state index is 13.5. The third kappa shape index (κ3) is 3.96. The van der Waals surface area contributed by atoms with Crippen LogP contribution in [-0.4, -0.2) is 5.96 Å². The van der Waals surface area contributed by atoms with Crippen LogP contribution in [0.5, 0.6) is 0 Å². The van der Waals surface area contributed by atoms with Crippen LogP contribution in [0.4, 0.5) is 10.1 Å². The van der Waals surface area contributed by atoms with E-state index >= 15 is 0 Å². The van der Waals surface area contributed by atoms with Gasteiger partial charge in [-0.3, -0.25) is 0 Å². The van der Waals surface area contributed by atoms with Crippen LogP contribution in [-0.2, 0) is 6.54 Å². The summed E-state index contributed by atoms with van der Waals surface area (Å²) < 4.78 is 13.5. The largest absolute Gasteiger partial charge is 0.370 e. The molecule has 0 spiro atoms. The summed E-state index contributed by atoms with van der Waals surface area (Å²) in [5.74, 6) is -0.310. The van der Waals surface area contributed by atoms with Gasteiger partial charge in [-0.1, -0.05) is 41.9 Å². The zero-order valence-electron chi connectivity index (χ0n) is 10.1. The third-order valence-corrected chi connectivity index (χ3v) is 2.70. The summed E-state index contributed by atoms with van der Waals surface area (Å²) in [5, 5.41) is 3.04. The molecule has 0 saturated heterocycles. The first-order valence-corrected chi connectivity index (χ1v) is 6.09. The molecule has 3 N–H and O–H groups in total. The predicted octanol–water partition coefficient (Wildman–Crippen LogP) is 3.41. The predicted molar refractivity (Wildman–Crippen MR) is 76.8 cm³/mol. The molecule has 0 fully saturated rings. The van der Waals surface area contributed by atoms with E-state index in [4.69, 9.17) is 17.3 Å². The van der Waals surface area contributed by atoms with Crippen LogP contribution in [0.15, 0.2) is 53.5 Å². The zero-order chi connectivity index (χ0) is 13.7. The second kappa shape index (κ2) is 6.20. The zero-order valence-corrected chi connectivity index (χ0v) is 10.9. The molecule has 0 atom stereocenters. The molecule has 5 heteroatoms. The van der Waals surface area contributed by atoms with Crippen LogP contribution < -0.4 is 11.1 Å². The van der Waals surface area contributed by atoms with E-state index < -0.39 is 5.82 Å². The Morgan fingerprint density at radius 2 is 1.95 bits per heavy atom. The van der Waals surface area contributed by atoms with Gasteiger partial charge in [0, 0.05) is 5.02 Å².